The van der Waals surface area contributed by atoms with E-state index in [1.165, 1.54) is 0 Å². The third-order valence-electron chi connectivity index (χ3n) is 3.10. The van der Waals surface area contributed by atoms with Crippen LogP contribution in [0.2, 0.25) is 0 Å². The van der Waals surface area contributed by atoms with Crippen LogP contribution in [0.1, 0.15) is 5.56 Å². The topological polar surface area (TPSA) is 15.3 Å². The van der Waals surface area contributed by atoms with Crippen LogP contribution in [-0.2, 0) is 6.42 Å². The minimum absolute atomic E-state index is 0.647. The van der Waals surface area contributed by atoms with E-state index in [1.807, 2.05) is 18.2 Å². The van der Waals surface area contributed by atoms with E-state index >= 15 is 0 Å². The predicted molar refractivity (Wildman–Crippen MR) is 71.3 cm³/mol. The van der Waals surface area contributed by atoms with E-state index in [4.69, 9.17) is 0 Å². The second-order valence-corrected chi connectivity index (χ2v) is 5.36. The molecule has 0 unspecified atom stereocenters. The van der Waals surface area contributed by atoms with Gasteiger partial charge in [-0.3, -0.25) is 0 Å². The quantitative estimate of drug-likeness (QED) is 0.829. The minimum atomic E-state index is -2.34. The molecule has 0 atom stereocenters. The van der Waals surface area contributed by atoms with E-state index in [0.29, 0.717) is 16.7 Å². The van der Waals surface area contributed by atoms with Crippen LogP contribution in [0.4, 0.5) is 8.78 Å². The molecule has 5 heteroatoms. The maximum atomic E-state index is 12.4. The Bertz CT molecular complexity index is 368. The molecule has 1 aromatic rings. The number of nitrogens with zero attached hydrogens (tertiary/aromatic N) is 1. The van der Waals surface area contributed by atoms with Gasteiger partial charge in [0, 0.05) is 37.6 Å². The number of nitrogens with one attached hydrogen (secondary N) is 1. The van der Waals surface area contributed by atoms with Gasteiger partial charge < -0.3 is 10.2 Å². The highest BCUT2D eigenvalue weighted by Crippen LogP contribution is 2.28. The van der Waals surface area contributed by atoms with E-state index in [0.717, 1.165) is 44.7 Å². The minimum Gasteiger partial charge on any atom is -0.314 e. The molecule has 18 heavy (non-hydrogen) atoms. The van der Waals surface area contributed by atoms with Crippen molar-refractivity contribution in [2.24, 2.45) is 0 Å². The SMILES string of the molecule is FC(F)Sc1ccccc1CCN1CCNCC1. The van der Waals surface area contributed by atoms with Crippen LogP contribution in [-0.4, -0.2) is 43.4 Å². The van der Waals surface area contributed by atoms with E-state index in [-0.39, 0.29) is 0 Å². The third kappa shape index (κ3) is 4.23. The Balaban J connectivity index is 1.91. The largest absolute Gasteiger partial charge is 0.314 e. The van der Waals surface area contributed by atoms with Gasteiger partial charge >= 0.3 is 0 Å². The molecule has 2 nitrogen and oxygen atoms in total. The number of alkyl halides is 2. The normalized spacial score (nSPS) is 17.3. The maximum absolute atomic E-state index is 12.4. The number of hydrogen-bond acceptors (Lipinski definition) is 3. The Kier molecular flexibility index (Phi) is 5.41. The summed E-state index contributed by atoms with van der Waals surface area (Å²) in [5, 5.41) is 3.31. The zero-order chi connectivity index (χ0) is 12.8. The van der Waals surface area contributed by atoms with Crippen molar-refractivity contribution in [1.29, 1.82) is 0 Å². The van der Waals surface area contributed by atoms with Gasteiger partial charge in [-0.1, -0.05) is 30.0 Å². The number of halogens is 2. The Morgan fingerprint density at radius 1 is 1.22 bits per heavy atom. The fourth-order valence-corrected chi connectivity index (χ4v) is 2.81. The van der Waals surface area contributed by atoms with Crippen molar-refractivity contribution in [3.63, 3.8) is 0 Å². The standard InChI is InChI=1S/C13H18F2N2S/c14-13(15)18-12-4-2-1-3-11(12)5-8-17-9-6-16-7-10-17/h1-4,13,16H,5-10H2. The Hall–Kier alpha value is -0.650. The monoisotopic (exact) mass is 272 g/mol. The third-order valence-corrected chi connectivity index (χ3v) is 3.93. The Morgan fingerprint density at radius 2 is 1.94 bits per heavy atom. The molecule has 0 amide bonds. The van der Waals surface area contributed by atoms with E-state index in [2.05, 4.69) is 10.2 Å². The fraction of sp³-hybridized carbons (Fsp3) is 0.538. The average Bonchev–Trinajstić information content (AvgIpc) is 2.38. The highest BCUT2D eigenvalue weighted by atomic mass is 32.2. The lowest BCUT2D eigenvalue weighted by Crippen LogP contribution is -2.44. The van der Waals surface area contributed by atoms with Crippen LogP contribution in [0.25, 0.3) is 0 Å². The summed E-state index contributed by atoms with van der Waals surface area (Å²) in [5.41, 5.74) is 1.03. The highest BCUT2D eigenvalue weighted by molar-refractivity contribution is 7.99. The van der Waals surface area contributed by atoms with Gasteiger partial charge in [0.15, 0.2) is 0 Å². The second kappa shape index (κ2) is 7.07. The second-order valence-electron chi connectivity index (χ2n) is 4.33. The Labute approximate surface area is 111 Å². The predicted octanol–water partition coefficient (Wildman–Crippen LogP) is 2.45. The van der Waals surface area contributed by atoms with Gasteiger partial charge in [0.1, 0.15) is 0 Å². The molecular weight excluding hydrogens is 254 g/mol. The summed E-state index contributed by atoms with van der Waals surface area (Å²) in [6.45, 7) is 5.08. The first kappa shape index (κ1) is 13.8. The summed E-state index contributed by atoms with van der Waals surface area (Å²) in [6, 6.07) is 7.47. The smallest absolute Gasteiger partial charge is 0.288 e. The molecule has 1 aliphatic heterocycles. The van der Waals surface area contributed by atoms with Gasteiger partial charge in [0.05, 0.1) is 0 Å². The first-order chi connectivity index (χ1) is 8.75. The van der Waals surface area contributed by atoms with E-state index in [1.54, 1.807) is 6.07 Å². The van der Waals surface area contributed by atoms with Crippen LogP contribution >= 0.6 is 11.8 Å². The van der Waals surface area contributed by atoms with Gasteiger partial charge in [-0.05, 0) is 18.1 Å². The summed E-state index contributed by atoms with van der Waals surface area (Å²) in [4.78, 5) is 3.09. The molecule has 1 saturated heterocycles. The summed E-state index contributed by atoms with van der Waals surface area (Å²) in [6.07, 6.45) is 0.843. The fourth-order valence-electron chi connectivity index (χ4n) is 2.13. The van der Waals surface area contributed by atoms with Gasteiger partial charge in [-0.2, -0.15) is 8.78 Å². The van der Waals surface area contributed by atoms with Crippen LogP contribution in [0, 0.1) is 0 Å². The number of piperazine rings is 1. The number of thioether (sulfide) groups is 1. The molecule has 0 radical (unpaired) electrons. The number of rotatable bonds is 5. The zero-order valence-corrected chi connectivity index (χ0v) is 11.1. The molecular formula is C13H18F2N2S. The summed E-state index contributed by atoms with van der Waals surface area (Å²) in [5.74, 6) is -2.34. The maximum Gasteiger partial charge on any atom is 0.288 e. The summed E-state index contributed by atoms with van der Waals surface area (Å²) in [7, 11) is 0. The molecule has 1 N–H and O–H groups in total. The molecule has 1 aromatic carbocycles. The van der Waals surface area contributed by atoms with Crippen LogP contribution in [0.3, 0.4) is 0 Å². The molecule has 1 fully saturated rings. The van der Waals surface area contributed by atoms with Crippen molar-refractivity contribution in [2.45, 2.75) is 17.1 Å². The lowest BCUT2D eigenvalue weighted by molar-refractivity contribution is 0.243. The lowest BCUT2D eigenvalue weighted by atomic mass is 10.1. The van der Waals surface area contributed by atoms with E-state index < -0.39 is 5.76 Å². The number of benzene rings is 1. The first-order valence-corrected chi connectivity index (χ1v) is 7.09. The van der Waals surface area contributed by atoms with Crippen LogP contribution in [0.15, 0.2) is 29.2 Å². The van der Waals surface area contributed by atoms with Crippen LogP contribution in [0.5, 0.6) is 0 Å². The average molecular weight is 272 g/mol. The first-order valence-electron chi connectivity index (χ1n) is 6.21. The molecule has 1 aliphatic rings. The van der Waals surface area contributed by atoms with Crippen molar-refractivity contribution in [3.05, 3.63) is 29.8 Å². The molecule has 0 aromatic heterocycles. The van der Waals surface area contributed by atoms with E-state index in [9.17, 15) is 8.78 Å². The molecule has 0 saturated carbocycles. The summed E-state index contributed by atoms with van der Waals surface area (Å²) >= 11 is 0.647. The van der Waals surface area contributed by atoms with Gasteiger partial charge in [-0.25, -0.2) is 0 Å². The van der Waals surface area contributed by atoms with Gasteiger partial charge in [0.2, 0.25) is 0 Å². The van der Waals surface area contributed by atoms with Crippen molar-refractivity contribution < 1.29 is 8.78 Å². The summed E-state index contributed by atoms with van der Waals surface area (Å²) < 4.78 is 24.9. The molecule has 100 valence electrons. The van der Waals surface area contributed by atoms with Gasteiger partial charge in [0.25, 0.3) is 5.76 Å². The molecule has 0 aliphatic carbocycles. The number of hydrogen-bond donors (Lipinski definition) is 1. The van der Waals surface area contributed by atoms with Gasteiger partial charge in [-0.15, -0.1) is 0 Å². The molecule has 2 rings (SSSR count). The zero-order valence-electron chi connectivity index (χ0n) is 10.2. The Morgan fingerprint density at radius 3 is 2.67 bits per heavy atom. The van der Waals surface area contributed by atoms with Crippen molar-refractivity contribution >= 4 is 11.8 Å². The molecule has 0 bridgehead atoms. The molecule has 0 spiro atoms. The molecule has 1 heterocycles. The van der Waals surface area contributed by atoms with Crippen molar-refractivity contribution in [3.8, 4) is 0 Å². The van der Waals surface area contributed by atoms with Crippen LogP contribution < -0.4 is 5.32 Å². The highest BCUT2D eigenvalue weighted by Gasteiger charge is 2.12. The lowest BCUT2D eigenvalue weighted by Gasteiger charge is -2.27. The van der Waals surface area contributed by atoms with Crippen molar-refractivity contribution in [2.75, 3.05) is 32.7 Å². The van der Waals surface area contributed by atoms with Crippen molar-refractivity contribution in [1.82, 2.24) is 10.2 Å².